The molecule has 3 aromatic heterocycles. The molecular weight excluding hydrogens is 260 g/mol. The summed E-state index contributed by atoms with van der Waals surface area (Å²) in [4.78, 5) is 8.34. The fourth-order valence-electron chi connectivity index (χ4n) is 1.28. The lowest BCUT2D eigenvalue weighted by Gasteiger charge is -1.89. The Kier molecular flexibility index (Phi) is 1.81. The van der Waals surface area contributed by atoms with Crippen LogP contribution in [0.25, 0.3) is 17.2 Å². The standard InChI is InChI=1S/C9H5BrN4O/c10-7-5-14-8(4-11-7)12-9(13-14)6-2-1-3-15-6/h1-5H. The Bertz CT molecular complexity index is 602. The van der Waals surface area contributed by atoms with Crippen LogP contribution < -0.4 is 0 Å². The first kappa shape index (κ1) is 8.60. The number of nitrogens with zero attached hydrogens (tertiary/aromatic N) is 4. The molecule has 0 aromatic carbocycles. The van der Waals surface area contributed by atoms with Crippen LogP contribution in [0.1, 0.15) is 0 Å². The van der Waals surface area contributed by atoms with E-state index in [1.165, 1.54) is 0 Å². The highest BCUT2D eigenvalue weighted by molar-refractivity contribution is 9.10. The quantitative estimate of drug-likeness (QED) is 0.676. The van der Waals surface area contributed by atoms with Gasteiger partial charge in [-0.15, -0.1) is 5.10 Å². The summed E-state index contributed by atoms with van der Waals surface area (Å²) in [7, 11) is 0. The second-order valence-corrected chi connectivity index (χ2v) is 3.74. The highest BCUT2D eigenvalue weighted by Gasteiger charge is 2.08. The average molecular weight is 265 g/mol. The summed E-state index contributed by atoms with van der Waals surface area (Å²) in [6.07, 6.45) is 4.98. The van der Waals surface area contributed by atoms with Crippen molar-refractivity contribution in [1.82, 2.24) is 19.6 Å². The molecule has 0 N–H and O–H groups in total. The third-order valence-corrected chi connectivity index (χ3v) is 2.34. The van der Waals surface area contributed by atoms with E-state index in [9.17, 15) is 0 Å². The highest BCUT2D eigenvalue weighted by atomic mass is 79.9. The molecule has 15 heavy (non-hydrogen) atoms. The summed E-state index contributed by atoms with van der Waals surface area (Å²) in [5.41, 5.74) is 0.685. The molecule has 0 saturated carbocycles. The zero-order valence-electron chi connectivity index (χ0n) is 7.46. The molecule has 6 heteroatoms. The van der Waals surface area contributed by atoms with Crippen LogP contribution >= 0.6 is 15.9 Å². The average Bonchev–Trinajstić information content (AvgIpc) is 2.84. The normalized spacial score (nSPS) is 11.0. The van der Waals surface area contributed by atoms with Crippen molar-refractivity contribution in [2.45, 2.75) is 0 Å². The van der Waals surface area contributed by atoms with Gasteiger partial charge in [0.25, 0.3) is 0 Å². The van der Waals surface area contributed by atoms with Crippen molar-refractivity contribution in [1.29, 1.82) is 0 Å². The topological polar surface area (TPSA) is 56.2 Å². The van der Waals surface area contributed by atoms with Gasteiger partial charge in [-0.1, -0.05) is 0 Å². The van der Waals surface area contributed by atoms with Gasteiger partial charge in [0, 0.05) is 0 Å². The molecule has 3 aromatic rings. The van der Waals surface area contributed by atoms with E-state index in [1.807, 2.05) is 6.07 Å². The zero-order valence-corrected chi connectivity index (χ0v) is 9.05. The van der Waals surface area contributed by atoms with Crippen molar-refractivity contribution in [2.75, 3.05) is 0 Å². The number of hydrogen-bond acceptors (Lipinski definition) is 4. The molecule has 0 bridgehead atoms. The molecule has 0 aliphatic carbocycles. The van der Waals surface area contributed by atoms with Gasteiger partial charge in [-0.25, -0.2) is 14.5 Å². The predicted molar refractivity (Wildman–Crippen MR) is 56.2 cm³/mol. The van der Waals surface area contributed by atoms with Gasteiger partial charge in [0.1, 0.15) is 4.60 Å². The number of halogens is 1. The van der Waals surface area contributed by atoms with Gasteiger partial charge in [0.2, 0.25) is 5.82 Å². The first-order chi connectivity index (χ1) is 7.33. The molecule has 0 aliphatic rings. The van der Waals surface area contributed by atoms with E-state index in [0.717, 1.165) is 0 Å². The van der Waals surface area contributed by atoms with Crippen LogP contribution in [0.15, 0.2) is 39.8 Å². The third-order valence-electron chi connectivity index (χ3n) is 1.93. The lowest BCUT2D eigenvalue weighted by Crippen LogP contribution is -1.88. The third kappa shape index (κ3) is 1.42. The van der Waals surface area contributed by atoms with E-state index in [0.29, 0.717) is 21.8 Å². The number of hydrogen-bond donors (Lipinski definition) is 0. The first-order valence-corrected chi connectivity index (χ1v) is 5.04. The van der Waals surface area contributed by atoms with Crippen LogP contribution in [-0.2, 0) is 0 Å². The molecule has 0 spiro atoms. The second-order valence-electron chi connectivity index (χ2n) is 2.93. The molecule has 0 amide bonds. The van der Waals surface area contributed by atoms with Gasteiger partial charge in [-0.05, 0) is 28.1 Å². The van der Waals surface area contributed by atoms with E-state index >= 15 is 0 Å². The summed E-state index contributed by atoms with van der Waals surface area (Å²) in [5, 5.41) is 4.26. The number of aromatic nitrogens is 4. The van der Waals surface area contributed by atoms with Crippen molar-refractivity contribution in [3.63, 3.8) is 0 Å². The highest BCUT2D eigenvalue weighted by Crippen LogP contribution is 2.16. The summed E-state index contributed by atoms with van der Waals surface area (Å²) in [5.74, 6) is 1.20. The second kappa shape index (κ2) is 3.16. The minimum absolute atomic E-state index is 0.555. The Balaban J connectivity index is 2.22. The first-order valence-electron chi connectivity index (χ1n) is 4.25. The molecular formula is C9H5BrN4O. The fourth-order valence-corrected chi connectivity index (χ4v) is 1.58. The van der Waals surface area contributed by atoms with Gasteiger partial charge in [0.15, 0.2) is 11.4 Å². The van der Waals surface area contributed by atoms with Crippen molar-refractivity contribution >= 4 is 21.6 Å². The minimum atomic E-state index is 0.555. The summed E-state index contributed by atoms with van der Waals surface area (Å²) < 4.78 is 7.57. The summed E-state index contributed by atoms with van der Waals surface area (Å²) >= 11 is 3.27. The molecule has 0 radical (unpaired) electrons. The molecule has 5 nitrogen and oxygen atoms in total. The minimum Gasteiger partial charge on any atom is -0.461 e. The van der Waals surface area contributed by atoms with Gasteiger partial charge in [-0.2, -0.15) is 0 Å². The van der Waals surface area contributed by atoms with Crippen LogP contribution in [0.4, 0.5) is 0 Å². The van der Waals surface area contributed by atoms with Gasteiger partial charge in [0.05, 0.1) is 18.7 Å². The predicted octanol–water partition coefficient (Wildman–Crippen LogP) is 2.15. The van der Waals surface area contributed by atoms with Gasteiger partial charge >= 0.3 is 0 Å². The van der Waals surface area contributed by atoms with Gasteiger partial charge < -0.3 is 4.42 Å². The fraction of sp³-hybridized carbons (Fsp3) is 0. The van der Waals surface area contributed by atoms with Crippen molar-refractivity contribution < 1.29 is 4.42 Å². The Morgan fingerprint density at radius 1 is 1.40 bits per heavy atom. The van der Waals surface area contributed by atoms with E-state index < -0.39 is 0 Å². The molecule has 3 heterocycles. The number of fused-ring (bicyclic) bond motifs is 1. The number of rotatable bonds is 1. The van der Waals surface area contributed by atoms with Crippen LogP contribution in [-0.4, -0.2) is 19.6 Å². The lowest BCUT2D eigenvalue weighted by atomic mass is 10.4. The van der Waals surface area contributed by atoms with Crippen molar-refractivity contribution in [3.05, 3.63) is 35.4 Å². The smallest absolute Gasteiger partial charge is 0.217 e. The van der Waals surface area contributed by atoms with E-state index in [2.05, 4.69) is 31.0 Å². The molecule has 0 atom stereocenters. The molecule has 0 saturated heterocycles. The van der Waals surface area contributed by atoms with Crippen LogP contribution in [0.2, 0.25) is 0 Å². The lowest BCUT2D eigenvalue weighted by molar-refractivity contribution is 0.577. The van der Waals surface area contributed by atoms with Gasteiger partial charge in [-0.3, -0.25) is 0 Å². The Hall–Kier alpha value is -1.69. The maximum atomic E-state index is 5.21. The summed E-state index contributed by atoms with van der Waals surface area (Å²) in [6.45, 7) is 0. The van der Waals surface area contributed by atoms with Crippen LogP contribution in [0.5, 0.6) is 0 Å². The summed E-state index contributed by atoms with van der Waals surface area (Å²) in [6, 6.07) is 3.62. The molecule has 74 valence electrons. The Morgan fingerprint density at radius 3 is 3.13 bits per heavy atom. The number of furan rings is 1. The molecule has 3 rings (SSSR count). The Labute approximate surface area is 92.9 Å². The zero-order chi connectivity index (χ0) is 10.3. The monoisotopic (exact) mass is 264 g/mol. The van der Waals surface area contributed by atoms with Crippen molar-refractivity contribution in [3.8, 4) is 11.6 Å². The molecule has 0 unspecified atom stereocenters. The van der Waals surface area contributed by atoms with E-state index in [1.54, 1.807) is 29.2 Å². The van der Waals surface area contributed by atoms with Crippen LogP contribution in [0.3, 0.4) is 0 Å². The molecule has 0 aliphatic heterocycles. The maximum Gasteiger partial charge on any atom is 0.217 e. The van der Waals surface area contributed by atoms with Crippen LogP contribution in [0, 0.1) is 0 Å². The van der Waals surface area contributed by atoms with Crippen molar-refractivity contribution in [2.24, 2.45) is 0 Å². The van der Waals surface area contributed by atoms with E-state index in [4.69, 9.17) is 4.42 Å². The maximum absolute atomic E-state index is 5.21. The largest absolute Gasteiger partial charge is 0.461 e. The SMILES string of the molecule is Brc1cn2nc(-c3ccco3)nc2cn1. The Morgan fingerprint density at radius 2 is 2.33 bits per heavy atom. The van der Waals surface area contributed by atoms with E-state index in [-0.39, 0.29) is 0 Å². The molecule has 0 fully saturated rings.